The molecule has 0 aromatic heterocycles. The maximum Gasteiger partial charge on any atom is 0.178 e. The van der Waals surface area contributed by atoms with E-state index >= 15 is 0 Å². The van der Waals surface area contributed by atoms with Crippen molar-refractivity contribution >= 4 is 33.8 Å². The molecule has 0 saturated carbocycles. The molecule has 0 radical (unpaired) electrons. The molecule has 0 bridgehead atoms. The van der Waals surface area contributed by atoms with Gasteiger partial charge in [-0.05, 0) is 103 Å². The summed E-state index contributed by atoms with van der Waals surface area (Å²) in [6, 6.07) is 22.4. The summed E-state index contributed by atoms with van der Waals surface area (Å²) in [5, 5.41) is 2.07. The highest BCUT2D eigenvalue weighted by Crippen LogP contribution is 2.58. The molecule has 3 heterocycles. The number of fused-ring (bicyclic) bond motifs is 6. The number of benzene rings is 4. The van der Waals surface area contributed by atoms with Gasteiger partial charge in [-0.1, -0.05) is 69.0 Å². The fourth-order valence-corrected chi connectivity index (χ4v) is 8.97. The van der Waals surface area contributed by atoms with Crippen molar-refractivity contribution in [2.75, 3.05) is 50.2 Å². The lowest BCUT2D eigenvalue weighted by Crippen LogP contribution is -2.35. The Kier molecular flexibility index (Phi) is 8.05. The van der Waals surface area contributed by atoms with Gasteiger partial charge >= 0.3 is 0 Å². The van der Waals surface area contributed by atoms with E-state index in [1.807, 2.05) is 6.08 Å². The van der Waals surface area contributed by atoms with Gasteiger partial charge in [-0.15, -0.1) is 0 Å². The first kappa shape index (κ1) is 32.3. The van der Waals surface area contributed by atoms with Crippen LogP contribution in [0.15, 0.2) is 97.1 Å². The second kappa shape index (κ2) is 12.5. The van der Waals surface area contributed by atoms with Crippen LogP contribution >= 0.6 is 0 Å². The monoisotopic (exact) mass is 664 g/mol. The lowest BCUT2D eigenvalue weighted by molar-refractivity contribution is 0.163. The third-order valence-electron chi connectivity index (χ3n) is 11.5. The van der Waals surface area contributed by atoms with E-state index in [0.29, 0.717) is 11.5 Å². The molecule has 5 heteroatoms. The largest absolute Gasteiger partial charge is 0.493 e. The number of hydrogen-bond acceptors (Lipinski definition) is 5. The van der Waals surface area contributed by atoms with Gasteiger partial charge < -0.3 is 24.0 Å². The van der Waals surface area contributed by atoms with Gasteiger partial charge in [-0.3, -0.25) is 0 Å². The maximum absolute atomic E-state index is 7.62. The summed E-state index contributed by atoms with van der Waals surface area (Å²) < 4.78 is 19.4. The van der Waals surface area contributed by atoms with Gasteiger partial charge in [0, 0.05) is 65.0 Å². The minimum atomic E-state index is -0.849. The summed E-state index contributed by atoms with van der Waals surface area (Å²) >= 11 is 0. The van der Waals surface area contributed by atoms with Crippen LogP contribution < -0.4 is 24.0 Å². The third kappa shape index (κ3) is 4.88. The van der Waals surface area contributed by atoms with Crippen molar-refractivity contribution in [3.05, 3.63) is 125 Å². The second-order valence-corrected chi connectivity index (χ2v) is 14.6. The van der Waals surface area contributed by atoms with Crippen LogP contribution in [0.25, 0.3) is 22.4 Å². The van der Waals surface area contributed by atoms with Gasteiger partial charge in [-0.2, -0.15) is 0 Å². The number of nitrogens with zero attached hydrogens (tertiary/aromatic N) is 2. The molecule has 8 rings (SSSR count). The van der Waals surface area contributed by atoms with E-state index in [-0.39, 0.29) is 5.41 Å². The molecule has 1 aliphatic carbocycles. The molecule has 2 fully saturated rings. The van der Waals surface area contributed by atoms with Gasteiger partial charge in [0.05, 0.1) is 14.2 Å². The molecule has 0 amide bonds. The lowest BCUT2D eigenvalue weighted by Gasteiger charge is -2.39. The van der Waals surface area contributed by atoms with Crippen LogP contribution in [-0.4, -0.2) is 40.4 Å². The van der Waals surface area contributed by atoms with E-state index in [1.54, 1.807) is 14.2 Å². The zero-order chi connectivity index (χ0) is 34.6. The molecule has 5 nitrogen and oxygen atoms in total. The fraction of sp³-hybridized carbons (Fsp3) is 0.333. The first-order chi connectivity index (χ1) is 24.3. The van der Waals surface area contributed by atoms with Gasteiger partial charge in [0.1, 0.15) is 5.75 Å². The average molecular weight is 665 g/mol. The predicted octanol–water partition coefficient (Wildman–Crippen LogP) is 10.2. The van der Waals surface area contributed by atoms with Gasteiger partial charge in [-0.25, -0.2) is 0 Å². The molecule has 3 aliphatic heterocycles. The molecule has 2 saturated heterocycles. The van der Waals surface area contributed by atoms with Crippen LogP contribution in [0.1, 0.15) is 74.3 Å². The van der Waals surface area contributed by atoms with Crippen molar-refractivity contribution in [1.29, 1.82) is 0 Å². The van der Waals surface area contributed by atoms with Crippen LogP contribution in [0.3, 0.4) is 0 Å². The average Bonchev–Trinajstić information content (AvgIpc) is 3.93. The van der Waals surface area contributed by atoms with E-state index in [0.717, 1.165) is 59.4 Å². The summed E-state index contributed by atoms with van der Waals surface area (Å²) in [5.74, 6) is 2.22. The Labute approximate surface area is 297 Å². The number of ether oxygens (including phenoxy) is 3. The first-order valence-corrected chi connectivity index (χ1v) is 18.2. The number of allylic oxidation sites excluding steroid dienone is 5. The van der Waals surface area contributed by atoms with Crippen LogP contribution in [-0.2, 0) is 11.0 Å². The van der Waals surface area contributed by atoms with E-state index in [2.05, 4.69) is 122 Å². The van der Waals surface area contributed by atoms with Gasteiger partial charge in [0.15, 0.2) is 17.1 Å². The third-order valence-corrected chi connectivity index (χ3v) is 11.5. The Morgan fingerprint density at radius 2 is 1.28 bits per heavy atom. The van der Waals surface area contributed by atoms with Crippen molar-refractivity contribution in [3.63, 3.8) is 0 Å². The van der Waals surface area contributed by atoms with E-state index in [9.17, 15) is 0 Å². The topological polar surface area (TPSA) is 34.2 Å². The van der Waals surface area contributed by atoms with Crippen LogP contribution in [0, 0.1) is 0 Å². The van der Waals surface area contributed by atoms with E-state index < -0.39 is 5.60 Å². The molecular formula is C45H48N2O3. The molecule has 4 aromatic carbocycles. The lowest BCUT2D eigenvalue weighted by atomic mass is 9.76. The second-order valence-electron chi connectivity index (χ2n) is 14.6. The highest BCUT2D eigenvalue weighted by atomic mass is 16.5. The van der Waals surface area contributed by atoms with Crippen LogP contribution in [0.2, 0.25) is 0 Å². The number of methoxy groups -OCH3 is 2. The number of rotatable bonds is 8. The summed E-state index contributed by atoms with van der Waals surface area (Å²) in [6.07, 6.45) is 16.0. The van der Waals surface area contributed by atoms with Crippen molar-refractivity contribution in [3.8, 4) is 17.2 Å². The standard InChI is InChI=1S/C45H48N2O3/c1-7-13-34-38(8-2)44(3,4)42-35-22-23-45(30-14-18-32(19-15-30)46-24-9-10-25-46,31-16-20-33(21-17-31)47-26-11-12-27-47)50-43(35)37-29-40(49-6)39(48-5)28-36(37)41(34)42/h7-8,13-23,28-29H,2,9-12,24-27H2,1,3-6H3/b13-7-. The van der Waals surface area contributed by atoms with Crippen molar-refractivity contribution < 1.29 is 14.2 Å². The van der Waals surface area contributed by atoms with E-state index in [1.165, 1.54) is 59.3 Å². The summed E-state index contributed by atoms with van der Waals surface area (Å²) in [4.78, 5) is 4.97. The molecule has 50 heavy (non-hydrogen) atoms. The summed E-state index contributed by atoms with van der Waals surface area (Å²) in [7, 11) is 3.40. The molecule has 4 aromatic rings. The quantitative estimate of drug-likeness (QED) is 0.187. The molecular weight excluding hydrogens is 617 g/mol. The molecule has 0 atom stereocenters. The zero-order valence-corrected chi connectivity index (χ0v) is 30.1. The molecule has 256 valence electrons. The summed E-state index contributed by atoms with van der Waals surface area (Å²) in [6.45, 7) is 15.4. The Morgan fingerprint density at radius 3 is 1.76 bits per heavy atom. The molecule has 4 aliphatic rings. The Bertz CT molecular complexity index is 2000. The minimum absolute atomic E-state index is 0.306. The Balaban J connectivity index is 1.38. The normalized spacial score (nSPS) is 18.9. The number of hydrogen-bond donors (Lipinski definition) is 0. The molecule has 0 spiro atoms. The number of anilines is 2. The van der Waals surface area contributed by atoms with Gasteiger partial charge in [0.25, 0.3) is 0 Å². The van der Waals surface area contributed by atoms with Crippen LogP contribution in [0.5, 0.6) is 17.2 Å². The van der Waals surface area contributed by atoms with Gasteiger partial charge in [0.2, 0.25) is 0 Å². The van der Waals surface area contributed by atoms with Crippen molar-refractivity contribution in [2.24, 2.45) is 0 Å². The smallest absolute Gasteiger partial charge is 0.178 e. The molecule has 0 N–H and O–H groups in total. The van der Waals surface area contributed by atoms with Crippen LogP contribution in [0.4, 0.5) is 11.4 Å². The van der Waals surface area contributed by atoms with Crippen molar-refractivity contribution in [1.82, 2.24) is 0 Å². The Hall–Kier alpha value is -4.90. The molecule has 0 unspecified atom stereocenters. The first-order valence-electron chi connectivity index (χ1n) is 18.2. The maximum atomic E-state index is 7.62. The highest BCUT2D eigenvalue weighted by Gasteiger charge is 2.44. The zero-order valence-electron chi connectivity index (χ0n) is 30.1. The fourth-order valence-electron chi connectivity index (χ4n) is 8.97. The van der Waals surface area contributed by atoms with E-state index in [4.69, 9.17) is 14.2 Å². The predicted molar refractivity (Wildman–Crippen MR) is 208 cm³/mol. The highest BCUT2D eigenvalue weighted by molar-refractivity contribution is 6.08. The Morgan fingerprint density at radius 1 is 0.760 bits per heavy atom. The van der Waals surface area contributed by atoms with Crippen molar-refractivity contribution in [2.45, 2.75) is 57.5 Å². The summed E-state index contributed by atoms with van der Waals surface area (Å²) in [5.41, 5.74) is 9.52. The SMILES string of the molecule is C=CC1=C(/C=C\C)c2c(c3c(c4cc(OC)c(OC)cc24)OC(c2ccc(N4CCCC4)cc2)(c2ccc(N4CCCC4)cc2)C=C3)C1(C)C. The minimum Gasteiger partial charge on any atom is -0.493 e.